The topological polar surface area (TPSA) is 53.0 Å². The van der Waals surface area contributed by atoms with Crippen molar-refractivity contribution in [3.8, 4) is 5.75 Å². The first-order valence-corrected chi connectivity index (χ1v) is 10.6. The number of benzene rings is 2. The Morgan fingerprint density at radius 1 is 1.00 bits per heavy atom. The van der Waals surface area contributed by atoms with E-state index in [1.807, 2.05) is 12.1 Å². The Morgan fingerprint density at radius 3 is 2.09 bits per heavy atom. The van der Waals surface area contributed by atoms with Crippen molar-refractivity contribution in [1.82, 2.24) is 9.80 Å². The van der Waals surface area contributed by atoms with E-state index < -0.39 is 23.3 Å². The van der Waals surface area contributed by atoms with Crippen molar-refractivity contribution in [1.29, 1.82) is 0 Å². The Hall–Kier alpha value is -2.58. The summed E-state index contributed by atoms with van der Waals surface area (Å²) in [6.45, 7) is 9.07. The summed E-state index contributed by atoms with van der Waals surface area (Å²) in [5.41, 5.74) is 0.0637. The van der Waals surface area contributed by atoms with Gasteiger partial charge < -0.3 is 9.84 Å². The van der Waals surface area contributed by atoms with E-state index >= 15 is 0 Å². The molecule has 0 bridgehead atoms. The molecule has 1 heterocycles. The molecule has 0 radical (unpaired) electrons. The summed E-state index contributed by atoms with van der Waals surface area (Å²) in [6.07, 6.45) is -4.31. The summed E-state index contributed by atoms with van der Waals surface area (Å²) in [6, 6.07) is 13.1. The third-order valence-corrected chi connectivity index (χ3v) is 5.73. The first-order valence-electron chi connectivity index (χ1n) is 10.6. The van der Waals surface area contributed by atoms with Gasteiger partial charge in [-0.1, -0.05) is 24.3 Å². The zero-order chi connectivity index (χ0) is 23.5. The molecule has 0 aliphatic carbocycles. The van der Waals surface area contributed by atoms with Gasteiger partial charge in [-0.3, -0.25) is 9.80 Å². The number of hydrogen-bond donors (Lipinski definition) is 1. The normalized spacial score (nSPS) is 18.5. The maximum Gasteiger partial charge on any atom is 0.416 e. The summed E-state index contributed by atoms with van der Waals surface area (Å²) in [5.74, 6) is -0.514. The second-order valence-electron chi connectivity index (χ2n) is 8.81. The van der Waals surface area contributed by atoms with Crippen LogP contribution in [0.3, 0.4) is 0 Å². The fourth-order valence-corrected chi connectivity index (χ4v) is 3.74. The Bertz CT molecular complexity index is 912. The summed E-state index contributed by atoms with van der Waals surface area (Å²) >= 11 is 0. The van der Waals surface area contributed by atoms with Crippen LogP contribution in [0.15, 0.2) is 48.5 Å². The molecule has 0 saturated carbocycles. The minimum atomic E-state index is -4.31. The lowest BCUT2D eigenvalue weighted by Crippen LogP contribution is -2.50. The summed E-state index contributed by atoms with van der Waals surface area (Å²) in [5, 5.41) is 9.18. The Balaban J connectivity index is 1.52. The van der Waals surface area contributed by atoms with Crippen molar-refractivity contribution in [3.63, 3.8) is 0 Å². The highest BCUT2D eigenvalue weighted by Gasteiger charge is 2.31. The van der Waals surface area contributed by atoms with Gasteiger partial charge in [-0.2, -0.15) is 13.2 Å². The largest absolute Gasteiger partial charge is 0.478 e. The van der Waals surface area contributed by atoms with E-state index in [1.54, 1.807) is 24.3 Å². The fraction of sp³-hybridized carbons (Fsp3) is 0.458. The minimum absolute atomic E-state index is 0.292. The van der Waals surface area contributed by atoms with E-state index in [1.165, 1.54) is 13.8 Å². The standard InChI is InChI=1S/C24H29F3N2O3/c1-17-14-28(15-18-4-8-20(9-5-18)24(25,26)27)12-13-29(17)16-19-6-10-21(11-7-19)32-23(2,3)22(30)31/h4-11,17H,12-16H2,1-3H3,(H,30,31). The highest BCUT2D eigenvalue weighted by atomic mass is 19.4. The van der Waals surface area contributed by atoms with E-state index in [9.17, 15) is 23.1 Å². The van der Waals surface area contributed by atoms with Gasteiger partial charge in [0.2, 0.25) is 0 Å². The van der Waals surface area contributed by atoms with Gasteiger partial charge in [-0.15, -0.1) is 0 Å². The number of piperazine rings is 1. The lowest BCUT2D eigenvalue weighted by molar-refractivity contribution is -0.152. The lowest BCUT2D eigenvalue weighted by atomic mass is 10.1. The van der Waals surface area contributed by atoms with Gasteiger partial charge in [0.25, 0.3) is 0 Å². The molecule has 2 aromatic rings. The molecule has 0 spiro atoms. The Labute approximate surface area is 186 Å². The molecule has 1 saturated heterocycles. The monoisotopic (exact) mass is 450 g/mol. The average molecular weight is 451 g/mol. The highest BCUT2D eigenvalue weighted by Crippen LogP contribution is 2.29. The molecule has 1 N–H and O–H groups in total. The number of carbonyl (C=O) groups is 1. The SMILES string of the molecule is CC1CN(Cc2ccc(C(F)(F)F)cc2)CCN1Cc1ccc(OC(C)(C)C(=O)O)cc1. The van der Waals surface area contributed by atoms with Crippen molar-refractivity contribution in [2.24, 2.45) is 0 Å². The number of alkyl halides is 3. The van der Waals surface area contributed by atoms with Crippen LogP contribution in [0.25, 0.3) is 0 Å². The molecule has 1 atom stereocenters. The molecule has 3 rings (SSSR count). The molecule has 1 unspecified atom stereocenters. The summed E-state index contributed by atoms with van der Waals surface area (Å²) < 4.78 is 43.7. The number of carboxylic acids is 1. The van der Waals surface area contributed by atoms with Crippen molar-refractivity contribution >= 4 is 5.97 Å². The quantitative estimate of drug-likeness (QED) is 0.665. The molecular formula is C24H29F3N2O3. The third kappa shape index (κ3) is 6.23. The van der Waals surface area contributed by atoms with Crippen molar-refractivity contribution < 1.29 is 27.8 Å². The van der Waals surface area contributed by atoms with Gasteiger partial charge in [-0.05, 0) is 56.2 Å². The maximum absolute atomic E-state index is 12.7. The van der Waals surface area contributed by atoms with Crippen LogP contribution in [0, 0.1) is 0 Å². The molecule has 1 aliphatic rings. The Morgan fingerprint density at radius 2 is 1.56 bits per heavy atom. The zero-order valence-corrected chi connectivity index (χ0v) is 18.5. The van der Waals surface area contributed by atoms with E-state index in [-0.39, 0.29) is 0 Å². The van der Waals surface area contributed by atoms with Crippen LogP contribution in [-0.2, 0) is 24.1 Å². The van der Waals surface area contributed by atoms with E-state index in [0.717, 1.165) is 49.4 Å². The summed E-state index contributed by atoms with van der Waals surface area (Å²) in [7, 11) is 0. The number of aliphatic carboxylic acids is 1. The third-order valence-electron chi connectivity index (χ3n) is 5.73. The number of nitrogens with zero attached hydrogens (tertiary/aromatic N) is 2. The van der Waals surface area contributed by atoms with Crippen LogP contribution in [-0.4, -0.2) is 52.2 Å². The highest BCUT2D eigenvalue weighted by molar-refractivity contribution is 5.76. The van der Waals surface area contributed by atoms with Crippen LogP contribution >= 0.6 is 0 Å². The van der Waals surface area contributed by atoms with E-state index in [4.69, 9.17) is 4.74 Å². The number of carboxylic acid groups (broad SMARTS) is 1. The molecule has 0 aromatic heterocycles. The lowest BCUT2D eigenvalue weighted by Gasteiger charge is -2.40. The van der Waals surface area contributed by atoms with Crippen LogP contribution < -0.4 is 4.74 Å². The van der Waals surface area contributed by atoms with Crippen LogP contribution in [0.1, 0.15) is 37.5 Å². The van der Waals surface area contributed by atoms with Crippen molar-refractivity contribution in [2.45, 2.75) is 51.7 Å². The second kappa shape index (κ2) is 9.50. The minimum Gasteiger partial charge on any atom is -0.478 e. The molecule has 174 valence electrons. The predicted molar refractivity (Wildman–Crippen MR) is 115 cm³/mol. The molecule has 1 fully saturated rings. The Kier molecular flexibility index (Phi) is 7.15. The molecule has 1 aliphatic heterocycles. The van der Waals surface area contributed by atoms with Crippen LogP contribution in [0.4, 0.5) is 13.2 Å². The van der Waals surface area contributed by atoms with E-state index in [0.29, 0.717) is 18.3 Å². The first-order chi connectivity index (χ1) is 14.9. The smallest absolute Gasteiger partial charge is 0.416 e. The van der Waals surface area contributed by atoms with Gasteiger partial charge in [-0.25, -0.2) is 4.79 Å². The van der Waals surface area contributed by atoms with Crippen LogP contribution in [0.5, 0.6) is 5.75 Å². The molecule has 5 nitrogen and oxygen atoms in total. The molecule has 0 amide bonds. The maximum atomic E-state index is 12.7. The van der Waals surface area contributed by atoms with Crippen LogP contribution in [0.2, 0.25) is 0 Å². The number of rotatable bonds is 7. The summed E-state index contributed by atoms with van der Waals surface area (Å²) in [4.78, 5) is 15.8. The first kappa shape index (κ1) is 24.1. The zero-order valence-electron chi connectivity index (χ0n) is 18.5. The molecule has 8 heteroatoms. The molecule has 32 heavy (non-hydrogen) atoms. The van der Waals surface area contributed by atoms with Crippen molar-refractivity contribution in [3.05, 3.63) is 65.2 Å². The van der Waals surface area contributed by atoms with Gasteiger partial charge in [0.05, 0.1) is 5.56 Å². The van der Waals surface area contributed by atoms with Gasteiger partial charge in [0, 0.05) is 38.8 Å². The molecular weight excluding hydrogens is 421 g/mol. The fourth-order valence-electron chi connectivity index (χ4n) is 3.74. The second-order valence-corrected chi connectivity index (χ2v) is 8.81. The van der Waals surface area contributed by atoms with Crippen molar-refractivity contribution in [2.75, 3.05) is 19.6 Å². The van der Waals surface area contributed by atoms with Gasteiger partial charge in [0.1, 0.15) is 5.75 Å². The molecule has 2 aromatic carbocycles. The van der Waals surface area contributed by atoms with Gasteiger partial charge >= 0.3 is 12.1 Å². The van der Waals surface area contributed by atoms with E-state index in [2.05, 4.69) is 16.7 Å². The average Bonchev–Trinajstić information content (AvgIpc) is 2.71. The van der Waals surface area contributed by atoms with Gasteiger partial charge in [0.15, 0.2) is 5.60 Å². The predicted octanol–water partition coefficient (Wildman–Crippen LogP) is 4.65. The number of hydrogen-bond acceptors (Lipinski definition) is 4. The number of ether oxygens (including phenoxy) is 1. The number of halogens is 3.